The normalized spacial score (nSPS) is 15.1. The molecule has 1 fully saturated rings. The van der Waals surface area contributed by atoms with Gasteiger partial charge in [0.05, 0.1) is 10.7 Å². The van der Waals surface area contributed by atoms with E-state index in [1.54, 1.807) is 18.2 Å². The summed E-state index contributed by atoms with van der Waals surface area (Å²) in [5.74, 6) is 0.522. The van der Waals surface area contributed by atoms with Crippen molar-refractivity contribution in [3.8, 4) is 0 Å². The molecule has 0 spiro atoms. The molecule has 1 N–H and O–H groups in total. The number of nitrogens with zero attached hydrogens (tertiary/aromatic N) is 3. The Morgan fingerprint density at radius 2 is 1.74 bits per heavy atom. The van der Waals surface area contributed by atoms with Crippen LogP contribution in [0.3, 0.4) is 0 Å². The Morgan fingerprint density at radius 3 is 2.39 bits per heavy atom. The predicted octanol–water partition coefficient (Wildman–Crippen LogP) is 3.76. The summed E-state index contributed by atoms with van der Waals surface area (Å²) in [6.07, 6.45) is 4.89. The smallest absolute Gasteiger partial charge is 0.276 e. The summed E-state index contributed by atoms with van der Waals surface area (Å²) in [5, 5.41) is 11.5. The van der Waals surface area contributed by atoms with Crippen LogP contribution in [0.5, 0.6) is 0 Å². The molecule has 6 heteroatoms. The number of hydrogen-bond donors (Lipinski definition) is 1. The number of carbonyl (C=O) groups excluding carboxylic acids is 1. The van der Waals surface area contributed by atoms with E-state index in [0.717, 1.165) is 18.9 Å². The summed E-state index contributed by atoms with van der Waals surface area (Å²) >= 11 is 6.04. The van der Waals surface area contributed by atoms with Crippen molar-refractivity contribution in [3.05, 3.63) is 47.1 Å². The summed E-state index contributed by atoms with van der Waals surface area (Å²) in [6.45, 7) is 2.00. The average molecular weight is 331 g/mol. The first kappa shape index (κ1) is 15.7. The molecule has 0 bridgehead atoms. The number of anilines is 2. The van der Waals surface area contributed by atoms with Gasteiger partial charge in [-0.1, -0.05) is 36.6 Å². The number of hydrogen-bond acceptors (Lipinski definition) is 4. The third-order valence-electron chi connectivity index (χ3n) is 3.94. The molecule has 5 nitrogen and oxygen atoms in total. The lowest BCUT2D eigenvalue weighted by Gasteiger charge is -2.20. The van der Waals surface area contributed by atoms with Gasteiger partial charge in [0.25, 0.3) is 5.91 Å². The number of carbonyl (C=O) groups is 1. The van der Waals surface area contributed by atoms with Crippen molar-refractivity contribution in [1.82, 2.24) is 10.2 Å². The Balaban J connectivity index is 1.69. The molecule has 1 aliphatic rings. The Bertz CT molecular complexity index is 667. The largest absolute Gasteiger partial charge is 0.355 e. The highest BCUT2D eigenvalue weighted by atomic mass is 35.5. The van der Waals surface area contributed by atoms with Crippen LogP contribution in [0.1, 0.15) is 36.2 Å². The lowest BCUT2D eigenvalue weighted by atomic mass is 10.2. The van der Waals surface area contributed by atoms with Gasteiger partial charge >= 0.3 is 0 Å². The highest BCUT2D eigenvalue weighted by Crippen LogP contribution is 2.21. The minimum atomic E-state index is -0.312. The summed E-state index contributed by atoms with van der Waals surface area (Å²) < 4.78 is 0. The molecule has 0 saturated carbocycles. The minimum Gasteiger partial charge on any atom is -0.355 e. The molecule has 1 aliphatic heterocycles. The Hall–Kier alpha value is -2.14. The van der Waals surface area contributed by atoms with Crippen molar-refractivity contribution in [2.75, 3.05) is 23.3 Å². The SMILES string of the molecule is O=C(Nc1ccccc1Cl)c1ccc(N2CCCCCC2)nn1. The number of para-hydroxylation sites is 1. The zero-order valence-corrected chi connectivity index (χ0v) is 13.6. The second-order valence-electron chi connectivity index (χ2n) is 5.61. The number of benzene rings is 1. The van der Waals surface area contributed by atoms with Crippen LogP contribution in [0.25, 0.3) is 0 Å². The molecular weight excluding hydrogens is 312 g/mol. The first-order valence-electron chi connectivity index (χ1n) is 7.88. The van der Waals surface area contributed by atoms with Gasteiger partial charge in [-0.15, -0.1) is 10.2 Å². The standard InChI is InChI=1S/C17H19ClN4O/c18-13-7-3-4-8-14(13)19-17(23)15-9-10-16(21-20-15)22-11-5-1-2-6-12-22/h3-4,7-10H,1-2,5-6,11-12H2,(H,19,23). The fraction of sp³-hybridized carbons (Fsp3) is 0.353. The molecule has 23 heavy (non-hydrogen) atoms. The van der Waals surface area contributed by atoms with E-state index in [-0.39, 0.29) is 11.6 Å². The summed E-state index contributed by atoms with van der Waals surface area (Å²) in [4.78, 5) is 14.5. The number of amides is 1. The maximum absolute atomic E-state index is 12.2. The number of aromatic nitrogens is 2. The van der Waals surface area contributed by atoms with E-state index in [0.29, 0.717) is 10.7 Å². The zero-order chi connectivity index (χ0) is 16.1. The third kappa shape index (κ3) is 3.99. The summed E-state index contributed by atoms with van der Waals surface area (Å²) in [6, 6.07) is 10.7. The molecule has 0 unspecified atom stereocenters. The van der Waals surface area contributed by atoms with Crippen molar-refractivity contribution in [3.63, 3.8) is 0 Å². The van der Waals surface area contributed by atoms with E-state index < -0.39 is 0 Å². The van der Waals surface area contributed by atoms with Crippen LogP contribution in [0.4, 0.5) is 11.5 Å². The topological polar surface area (TPSA) is 58.1 Å². The van der Waals surface area contributed by atoms with Crippen LogP contribution in [0, 0.1) is 0 Å². The molecule has 1 saturated heterocycles. The van der Waals surface area contributed by atoms with Gasteiger partial charge in [-0.05, 0) is 37.1 Å². The highest BCUT2D eigenvalue weighted by Gasteiger charge is 2.14. The maximum Gasteiger partial charge on any atom is 0.276 e. The fourth-order valence-electron chi connectivity index (χ4n) is 2.66. The second-order valence-corrected chi connectivity index (χ2v) is 6.02. The van der Waals surface area contributed by atoms with E-state index >= 15 is 0 Å². The Morgan fingerprint density at radius 1 is 1.00 bits per heavy atom. The molecule has 1 aromatic carbocycles. The number of halogens is 1. The molecular formula is C17H19ClN4O. The van der Waals surface area contributed by atoms with Crippen molar-refractivity contribution in [1.29, 1.82) is 0 Å². The molecule has 2 aromatic rings. The van der Waals surface area contributed by atoms with Gasteiger partial charge in [0.15, 0.2) is 11.5 Å². The van der Waals surface area contributed by atoms with Gasteiger partial charge in [0.1, 0.15) is 0 Å². The lowest BCUT2D eigenvalue weighted by Crippen LogP contribution is -2.25. The molecule has 2 heterocycles. The van der Waals surface area contributed by atoms with Crippen LogP contribution >= 0.6 is 11.6 Å². The van der Waals surface area contributed by atoms with E-state index in [1.807, 2.05) is 18.2 Å². The van der Waals surface area contributed by atoms with Gasteiger partial charge in [-0.25, -0.2) is 0 Å². The zero-order valence-electron chi connectivity index (χ0n) is 12.8. The fourth-order valence-corrected chi connectivity index (χ4v) is 2.85. The first-order valence-corrected chi connectivity index (χ1v) is 8.26. The third-order valence-corrected chi connectivity index (χ3v) is 4.26. The van der Waals surface area contributed by atoms with Gasteiger partial charge in [0, 0.05) is 13.1 Å². The Kier molecular flexibility index (Phi) is 5.08. The molecule has 0 aliphatic carbocycles. The molecule has 120 valence electrons. The average Bonchev–Trinajstić information content (AvgIpc) is 2.86. The monoisotopic (exact) mass is 330 g/mol. The van der Waals surface area contributed by atoms with Crippen LogP contribution in [-0.4, -0.2) is 29.2 Å². The highest BCUT2D eigenvalue weighted by molar-refractivity contribution is 6.33. The molecule has 3 rings (SSSR count). The van der Waals surface area contributed by atoms with Gasteiger partial charge in [0.2, 0.25) is 0 Å². The second kappa shape index (κ2) is 7.42. The molecule has 0 atom stereocenters. The van der Waals surface area contributed by atoms with Crippen LogP contribution in [-0.2, 0) is 0 Å². The van der Waals surface area contributed by atoms with Crippen molar-refractivity contribution in [2.24, 2.45) is 0 Å². The summed E-state index contributed by atoms with van der Waals surface area (Å²) in [5.41, 5.74) is 0.848. The van der Waals surface area contributed by atoms with Crippen LogP contribution < -0.4 is 10.2 Å². The molecule has 1 aromatic heterocycles. The van der Waals surface area contributed by atoms with Crippen LogP contribution in [0.15, 0.2) is 36.4 Å². The van der Waals surface area contributed by atoms with Crippen LogP contribution in [0.2, 0.25) is 5.02 Å². The lowest BCUT2D eigenvalue weighted by molar-refractivity contribution is 0.102. The van der Waals surface area contributed by atoms with Gasteiger partial charge in [-0.2, -0.15) is 0 Å². The van der Waals surface area contributed by atoms with Gasteiger partial charge in [-0.3, -0.25) is 4.79 Å². The van der Waals surface area contributed by atoms with E-state index in [1.165, 1.54) is 25.7 Å². The number of nitrogens with one attached hydrogen (secondary N) is 1. The minimum absolute atomic E-state index is 0.281. The maximum atomic E-state index is 12.2. The Labute approximate surface area is 140 Å². The van der Waals surface area contributed by atoms with Crippen molar-refractivity contribution < 1.29 is 4.79 Å². The van der Waals surface area contributed by atoms with Gasteiger partial charge < -0.3 is 10.2 Å². The van der Waals surface area contributed by atoms with E-state index in [4.69, 9.17) is 11.6 Å². The number of rotatable bonds is 3. The molecule has 1 amide bonds. The van der Waals surface area contributed by atoms with E-state index in [2.05, 4.69) is 20.4 Å². The first-order chi connectivity index (χ1) is 11.2. The van der Waals surface area contributed by atoms with Crippen molar-refractivity contribution >= 4 is 29.0 Å². The van der Waals surface area contributed by atoms with Crippen molar-refractivity contribution in [2.45, 2.75) is 25.7 Å². The van der Waals surface area contributed by atoms with E-state index in [9.17, 15) is 4.79 Å². The molecule has 0 radical (unpaired) electrons. The predicted molar refractivity (Wildman–Crippen MR) is 92.1 cm³/mol. The quantitative estimate of drug-likeness (QED) is 0.930. The summed E-state index contributed by atoms with van der Waals surface area (Å²) in [7, 11) is 0.